The van der Waals surface area contributed by atoms with Crippen molar-refractivity contribution in [3.05, 3.63) is 114 Å². The molecule has 37 heavy (non-hydrogen) atoms. The number of benzene rings is 3. The lowest BCUT2D eigenvalue weighted by atomic mass is 10.1. The Kier molecular flexibility index (Phi) is 8.04. The van der Waals surface area contributed by atoms with Gasteiger partial charge in [-0.1, -0.05) is 53.7 Å². The number of halogens is 1. The molecule has 3 aromatic carbocycles. The summed E-state index contributed by atoms with van der Waals surface area (Å²) in [4.78, 5) is 21.7. The fourth-order valence-corrected chi connectivity index (χ4v) is 5.12. The van der Waals surface area contributed by atoms with Crippen LogP contribution in [0.2, 0.25) is 5.02 Å². The molecule has 190 valence electrons. The smallest absolute Gasteiger partial charge is 0.269 e. The first kappa shape index (κ1) is 26.1. The van der Waals surface area contributed by atoms with Crippen LogP contribution in [0.25, 0.3) is 5.69 Å². The maximum Gasteiger partial charge on any atom is 0.269 e. The molecule has 10 nitrogen and oxygen atoms in total. The summed E-state index contributed by atoms with van der Waals surface area (Å²) >= 11 is 7.70. The Morgan fingerprint density at radius 3 is 2.51 bits per heavy atom. The lowest BCUT2D eigenvalue weighted by molar-refractivity contribution is -0.479. The Morgan fingerprint density at radius 2 is 1.81 bits per heavy atom. The summed E-state index contributed by atoms with van der Waals surface area (Å²) in [6, 6.07) is 18.9. The summed E-state index contributed by atoms with van der Waals surface area (Å²) in [5.41, 5.74) is 3.15. The lowest BCUT2D eigenvalue weighted by Gasteiger charge is -2.16. The van der Waals surface area contributed by atoms with Crippen molar-refractivity contribution < 1.29 is 14.6 Å². The number of ether oxygens (including phenoxy) is 1. The van der Waals surface area contributed by atoms with E-state index in [1.807, 2.05) is 42.7 Å². The number of aromatic nitrogens is 3. The van der Waals surface area contributed by atoms with Crippen molar-refractivity contribution in [1.29, 1.82) is 0 Å². The molecule has 0 unspecified atom stereocenters. The van der Waals surface area contributed by atoms with E-state index in [0.29, 0.717) is 27.9 Å². The van der Waals surface area contributed by atoms with Gasteiger partial charge in [-0.25, -0.2) is 0 Å². The molecule has 0 amide bonds. The predicted molar refractivity (Wildman–Crippen MR) is 140 cm³/mol. The van der Waals surface area contributed by atoms with Gasteiger partial charge in [-0.15, -0.1) is 10.2 Å². The molecule has 0 N–H and O–H groups in total. The number of hydrogen-bond acceptors (Lipinski definition) is 8. The number of aryl methyl sites for hydroxylation is 2. The molecule has 1 heterocycles. The number of hydrogen-bond donors (Lipinski definition) is 0. The zero-order valence-electron chi connectivity index (χ0n) is 19.9. The van der Waals surface area contributed by atoms with E-state index in [0.717, 1.165) is 11.3 Å². The Hall–Kier alpha value is -3.96. The van der Waals surface area contributed by atoms with Crippen LogP contribution in [0.1, 0.15) is 27.8 Å². The fourth-order valence-electron chi connectivity index (χ4n) is 3.71. The topological polar surface area (TPSA) is 126 Å². The first-order valence-corrected chi connectivity index (χ1v) is 12.4. The van der Waals surface area contributed by atoms with Gasteiger partial charge in [0.1, 0.15) is 23.4 Å². The van der Waals surface area contributed by atoms with E-state index in [4.69, 9.17) is 16.3 Å². The van der Waals surface area contributed by atoms with Crippen molar-refractivity contribution in [2.45, 2.75) is 30.9 Å². The second-order valence-electron chi connectivity index (χ2n) is 8.23. The van der Waals surface area contributed by atoms with Gasteiger partial charge in [0.25, 0.3) is 5.69 Å². The van der Waals surface area contributed by atoms with Gasteiger partial charge in [-0.2, -0.15) is 0 Å². The van der Waals surface area contributed by atoms with Crippen LogP contribution in [0.3, 0.4) is 0 Å². The van der Waals surface area contributed by atoms with Crippen LogP contribution in [0.4, 0.5) is 5.69 Å². The number of nitrogens with zero attached hydrogens (tertiary/aromatic N) is 5. The largest absolute Gasteiger partial charge is 0.487 e. The van der Waals surface area contributed by atoms with Crippen LogP contribution < -0.4 is 4.74 Å². The highest BCUT2D eigenvalue weighted by atomic mass is 35.5. The number of rotatable bonds is 10. The SMILES string of the molecule is Cc1cccc(-n2c(C)nnc2S[C@H](C[N+](=O)[O-])c2ccc(OCc3cccc([N+](=O)[O-])c3)c(Cl)c2)c1. The second-order valence-corrected chi connectivity index (χ2v) is 9.81. The van der Waals surface area contributed by atoms with Crippen LogP contribution in [-0.2, 0) is 6.61 Å². The molecule has 0 aliphatic heterocycles. The molecule has 1 atom stereocenters. The third kappa shape index (κ3) is 6.43. The molecule has 0 saturated carbocycles. The summed E-state index contributed by atoms with van der Waals surface area (Å²) < 4.78 is 7.63. The summed E-state index contributed by atoms with van der Waals surface area (Å²) in [6.45, 7) is 3.53. The van der Waals surface area contributed by atoms with Crippen molar-refractivity contribution >= 4 is 29.1 Å². The minimum Gasteiger partial charge on any atom is -0.487 e. The number of non-ortho nitro benzene ring substituents is 1. The minimum absolute atomic E-state index is 0.0315. The maximum absolute atomic E-state index is 11.5. The normalized spacial score (nSPS) is 11.8. The number of nitro groups is 2. The van der Waals surface area contributed by atoms with Crippen LogP contribution in [0.15, 0.2) is 71.9 Å². The molecule has 0 aliphatic carbocycles. The van der Waals surface area contributed by atoms with E-state index < -0.39 is 10.2 Å². The molecular weight excluding hydrogens is 518 g/mol. The standard InChI is InChI=1S/C25H22ClN5O5S/c1-16-5-3-7-20(11-16)30-17(2)27-28-25(30)37-24(14-29(32)33)19-9-10-23(22(26)13-19)36-15-18-6-4-8-21(12-18)31(34)35/h3-13,24H,14-15H2,1-2H3/t24-/m1/s1. The highest BCUT2D eigenvalue weighted by Gasteiger charge is 2.24. The van der Waals surface area contributed by atoms with E-state index in [2.05, 4.69) is 10.2 Å². The summed E-state index contributed by atoms with van der Waals surface area (Å²) in [6.07, 6.45) is 0. The van der Waals surface area contributed by atoms with Crippen molar-refractivity contribution in [3.8, 4) is 11.4 Å². The van der Waals surface area contributed by atoms with E-state index >= 15 is 0 Å². The van der Waals surface area contributed by atoms with E-state index in [9.17, 15) is 20.2 Å². The molecule has 0 bridgehead atoms. The van der Waals surface area contributed by atoms with E-state index in [1.54, 1.807) is 30.3 Å². The number of nitro benzene ring substituents is 1. The van der Waals surface area contributed by atoms with Crippen molar-refractivity contribution in [3.63, 3.8) is 0 Å². The van der Waals surface area contributed by atoms with Crippen LogP contribution in [0.5, 0.6) is 5.75 Å². The van der Waals surface area contributed by atoms with Gasteiger partial charge in [0, 0.05) is 22.7 Å². The molecule has 0 aliphatic rings. The first-order chi connectivity index (χ1) is 17.7. The van der Waals surface area contributed by atoms with Gasteiger partial charge in [0.05, 0.1) is 9.95 Å². The second kappa shape index (κ2) is 11.4. The average molecular weight is 540 g/mol. The van der Waals surface area contributed by atoms with Crippen molar-refractivity contribution in [2.75, 3.05) is 6.54 Å². The zero-order chi connectivity index (χ0) is 26.5. The summed E-state index contributed by atoms with van der Waals surface area (Å²) in [5, 5.41) is 31.2. The Labute approximate surface area is 221 Å². The van der Waals surface area contributed by atoms with Crippen molar-refractivity contribution in [1.82, 2.24) is 14.8 Å². The molecule has 12 heteroatoms. The maximum atomic E-state index is 11.5. The summed E-state index contributed by atoms with van der Waals surface area (Å²) in [7, 11) is 0. The van der Waals surface area contributed by atoms with Crippen molar-refractivity contribution in [2.24, 2.45) is 0 Å². The fraction of sp³-hybridized carbons (Fsp3) is 0.200. The van der Waals surface area contributed by atoms with E-state index in [-0.39, 0.29) is 28.8 Å². The highest BCUT2D eigenvalue weighted by molar-refractivity contribution is 7.99. The molecule has 4 aromatic rings. The average Bonchev–Trinajstić information content (AvgIpc) is 3.22. The predicted octanol–water partition coefficient (Wildman–Crippen LogP) is 6.13. The molecule has 0 saturated heterocycles. The zero-order valence-corrected chi connectivity index (χ0v) is 21.5. The van der Waals surface area contributed by atoms with Crippen LogP contribution in [0, 0.1) is 34.1 Å². The van der Waals surface area contributed by atoms with Crippen LogP contribution >= 0.6 is 23.4 Å². The van der Waals surface area contributed by atoms with Gasteiger partial charge >= 0.3 is 0 Å². The van der Waals surface area contributed by atoms with Gasteiger partial charge in [-0.3, -0.25) is 24.8 Å². The monoisotopic (exact) mass is 539 g/mol. The minimum atomic E-state index is -0.592. The summed E-state index contributed by atoms with van der Waals surface area (Å²) in [5.74, 6) is 1.02. The Bertz CT molecular complexity index is 1460. The molecule has 4 rings (SSSR count). The third-order valence-corrected chi connectivity index (χ3v) is 6.94. The highest BCUT2D eigenvalue weighted by Crippen LogP contribution is 2.38. The molecule has 0 radical (unpaired) electrons. The van der Waals surface area contributed by atoms with Gasteiger partial charge in [0.15, 0.2) is 5.16 Å². The molecule has 0 fully saturated rings. The molecule has 0 spiro atoms. The first-order valence-electron chi connectivity index (χ1n) is 11.1. The Balaban J connectivity index is 1.56. The quantitative estimate of drug-likeness (QED) is 0.134. The van der Waals surface area contributed by atoms with E-state index in [1.165, 1.54) is 23.9 Å². The van der Waals surface area contributed by atoms with Gasteiger partial charge in [-0.05, 0) is 54.8 Å². The Morgan fingerprint density at radius 1 is 1.03 bits per heavy atom. The molecular formula is C25H22ClN5O5S. The van der Waals surface area contributed by atoms with Crippen LogP contribution in [-0.4, -0.2) is 31.2 Å². The molecule has 1 aromatic heterocycles. The number of thioether (sulfide) groups is 1. The van der Waals surface area contributed by atoms with Gasteiger partial charge < -0.3 is 4.74 Å². The lowest BCUT2D eigenvalue weighted by Crippen LogP contribution is -2.11. The third-order valence-electron chi connectivity index (χ3n) is 5.46. The van der Waals surface area contributed by atoms with Gasteiger partial charge in [0.2, 0.25) is 6.54 Å².